The molecular formula is C19H17ClFN3O3. The van der Waals surface area contributed by atoms with Crippen LogP contribution in [0.25, 0.3) is 11.4 Å². The van der Waals surface area contributed by atoms with Gasteiger partial charge in [0.05, 0.1) is 6.61 Å². The first-order chi connectivity index (χ1) is 13.0. The number of carbonyl (C=O) groups is 1. The van der Waals surface area contributed by atoms with Crippen LogP contribution in [0.15, 0.2) is 47.0 Å². The predicted octanol–water partition coefficient (Wildman–Crippen LogP) is 4.50. The summed E-state index contributed by atoms with van der Waals surface area (Å²) in [5.74, 6) is 0.101. The van der Waals surface area contributed by atoms with Crippen molar-refractivity contribution >= 4 is 23.2 Å². The Kier molecular flexibility index (Phi) is 6.03. The van der Waals surface area contributed by atoms with Crippen molar-refractivity contribution in [2.45, 2.75) is 19.8 Å². The molecule has 2 aromatic carbocycles. The molecule has 0 saturated heterocycles. The fraction of sp³-hybridized carbons (Fsp3) is 0.211. The van der Waals surface area contributed by atoms with Crippen molar-refractivity contribution in [1.82, 2.24) is 10.1 Å². The van der Waals surface area contributed by atoms with Crippen molar-refractivity contribution in [3.8, 4) is 17.1 Å². The van der Waals surface area contributed by atoms with Crippen molar-refractivity contribution < 1.29 is 18.4 Å². The third-order valence-corrected chi connectivity index (χ3v) is 3.90. The Balaban J connectivity index is 1.55. The van der Waals surface area contributed by atoms with E-state index in [2.05, 4.69) is 15.5 Å². The minimum atomic E-state index is -0.529. The average Bonchev–Trinajstić information content (AvgIpc) is 3.12. The van der Waals surface area contributed by atoms with Gasteiger partial charge in [-0.05, 0) is 43.3 Å². The number of carbonyl (C=O) groups excluding carboxylic acids is 1. The van der Waals surface area contributed by atoms with Gasteiger partial charge in [-0.2, -0.15) is 4.98 Å². The number of amides is 1. The van der Waals surface area contributed by atoms with Gasteiger partial charge >= 0.3 is 0 Å². The third-order valence-electron chi connectivity index (χ3n) is 3.65. The van der Waals surface area contributed by atoms with E-state index in [4.69, 9.17) is 20.9 Å². The summed E-state index contributed by atoms with van der Waals surface area (Å²) in [6.07, 6.45) is 0.392. The SMILES string of the molecule is CCOc1ccc(NC(=O)CCc2nc(-c3ccc(Cl)cc3)no2)cc1F. The van der Waals surface area contributed by atoms with E-state index in [1.807, 2.05) is 0 Å². The molecule has 3 rings (SSSR count). The second kappa shape index (κ2) is 8.64. The second-order valence-electron chi connectivity index (χ2n) is 5.65. The molecule has 1 N–H and O–H groups in total. The highest BCUT2D eigenvalue weighted by Gasteiger charge is 2.12. The number of halogens is 2. The van der Waals surface area contributed by atoms with Crippen molar-refractivity contribution in [3.05, 3.63) is 59.2 Å². The molecule has 27 heavy (non-hydrogen) atoms. The van der Waals surface area contributed by atoms with E-state index in [1.54, 1.807) is 37.3 Å². The van der Waals surface area contributed by atoms with Gasteiger partial charge in [-0.1, -0.05) is 16.8 Å². The number of ether oxygens (including phenoxy) is 1. The Morgan fingerprint density at radius 1 is 1.26 bits per heavy atom. The maximum Gasteiger partial charge on any atom is 0.227 e. The zero-order valence-electron chi connectivity index (χ0n) is 14.5. The minimum absolute atomic E-state index is 0.122. The average molecular weight is 390 g/mol. The van der Waals surface area contributed by atoms with Crippen LogP contribution < -0.4 is 10.1 Å². The lowest BCUT2D eigenvalue weighted by Crippen LogP contribution is -2.12. The lowest BCUT2D eigenvalue weighted by molar-refractivity contribution is -0.116. The monoisotopic (exact) mass is 389 g/mol. The topological polar surface area (TPSA) is 77.2 Å². The van der Waals surface area contributed by atoms with Gasteiger partial charge in [-0.25, -0.2) is 4.39 Å². The molecule has 1 heterocycles. The van der Waals surface area contributed by atoms with Crippen LogP contribution in [0.4, 0.5) is 10.1 Å². The molecule has 1 amide bonds. The molecule has 140 valence electrons. The third kappa shape index (κ3) is 5.04. The Hall–Kier alpha value is -2.93. The number of nitrogens with one attached hydrogen (secondary N) is 1. The van der Waals surface area contributed by atoms with Crippen LogP contribution in [0, 0.1) is 5.82 Å². The molecule has 0 fully saturated rings. The summed E-state index contributed by atoms with van der Waals surface area (Å²) in [7, 11) is 0. The van der Waals surface area contributed by atoms with E-state index in [9.17, 15) is 9.18 Å². The molecule has 8 heteroatoms. The maximum atomic E-state index is 13.8. The van der Waals surface area contributed by atoms with Crippen LogP contribution in [0.1, 0.15) is 19.2 Å². The predicted molar refractivity (Wildman–Crippen MR) is 99.3 cm³/mol. The summed E-state index contributed by atoms with van der Waals surface area (Å²) >= 11 is 5.85. The smallest absolute Gasteiger partial charge is 0.227 e. The Morgan fingerprint density at radius 2 is 2.04 bits per heavy atom. The molecule has 0 spiro atoms. The maximum absolute atomic E-state index is 13.8. The Morgan fingerprint density at radius 3 is 2.74 bits per heavy atom. The standard InChI is InChI=1S/C19H17ClFN3O3/c1-2-26-16-8-7-14(11-15(16)21)22-17(25)9-10-18-23-19(24-27-18)12-3-5-13(20)6-4-12/h3-8,11H,2,9-10H2,1H3,(H,22,25). The molecule has 6 nitrogen and oxygen atoms in total. The van der Waals surface area contributed by atoms with Gasteiger partial charge in [-0.3, -0.25) is 4.79 Å². The zero-order valence-corrected chi connectivity index (χ0v) is 15.3. The first-order valence-electron chi connectivity index (χ1n) is 8.36. The van der Waals surface area contributed by atoms with Crippen molar-refractivity contribution in [3.63, 3.8) is 0 Å². The highest BCUT2D eigenvalue weighted by molar-refractivity contribution is 6.30. The quantitative estimate of drug-likeness (QED) is 0.643. The van der Waals surface area contributed by atoms with Crippen LogP contribution >= 0.6 is 11.6 Å². The summed E-state index contributed by atoms with van der Waals surface area (Å²) in [6.45, 7) is 2.13. The van der Waals surface area contributed by atoms with Crippen molar-refractivity contribution in [2.24, 2.45) is 0 Å². The van der Waals surface area contributed by atoms with Gasteiger partial charge in [0.25, 0.3) is 0 Å². The number of hydrogen-bond donors (Lipinski definition) is 1. The number of aryl methyl sites for hydroxylation is 1. The van der Waals surface area contributed by atoms with E-state index >= 15 is 0 Å². The van der Waals surface area contributed by atoms with Crippen LogP contribution in [0.5, 0.6) is 5.75 Å². The van der Waals surface area contributed by atoms with Gasteiger partial charge in [0.15, 0.2) is 11.6 Å². The summed E-state index contributed by atoms with van der Waals surface area (Å²) < 4.78 is 24.1. The molecule has 0 aliphatic rings. The highest BCUT2D eigenvalue weighted by atomic mass is 35.5. The van der Waals surface area contributed by atoms with Crippen LogP contribution in [-0.2, 0) is 11.2 Å². The summed E-state index contributed by atoms with van der Waals surface area (Å²) in [6, 6.07) is 11.3. The number of nitrogens with zero attached hydrogens (tertiary/aromatic N) is 2. The molecular weight excluding hydrogens is 373 g/mol. The number of aromatic nitrogens is 2. The van der Waals surface area contributed by atoms with Gasteiger partial charge < -0.3 is 14.6 Å². The van der Waals surface area contributed by atoms with Gasteiger partial charge in [0.2, 0.25) is 17.6 Å². The van der Waals surface area contributed by atoms with E-state index in [1.165, 1.54) is 12.1 Å². The number of benzene rings is 2. The van der Waals surface area contributed by atoms with Crippen molar-refractivity contribution in [2.75, 3.05) is 11.9 Å². The Bertz CT molecular complexity index is 928. The number of rotatable bonds is 7. The first kappa shape index (κ1) is 18.8. The van der Waals surface area contributed by atoms with Gasteiger partial charge in [-0.15, -0.1) is 0 Å². The summed E-state index contributed by atoms with van der Waals surface area (Å²) in [5.41, 5.74) is 1.12. The van der Waals surface area contributed by atoms with Gasteiger partial charge in [0.1, 0.15) is 0 Å². The van der Waals surface area contributed by atoms with Gasteiger partial charge in [0, 0.05) is 35.2 Å². The molecule has 3 aromatic rings. The molecule has 0 radical (unpaired) electrons. The molecule has 0 unspecified atom stereocenters. The second-order valence-corrected chi connectivity index (χ2v) is 6.08. The molecule has 0 aliphatic carbocycles. The molecule has 0 atom stereocenters. The molecule has 0 saturated carbocycles. The summed E-state index contributed by atoms with van der Waals surface area (Å²) in [5, 5.41) is 7.14. The lowest BCUT2D eigenvalue weighted by atomic mass is 10.2. The normalized spacial score (nSPS) is 10.6. The highest BCUT2D eigenvalue weighted by Crippen LogP contribution is 2.22. The first-order valence-corrected chi connectivity index (χ1v) is 8.73. The Labute approximate surface area is 160 Å². The zero-order chi connectivity index (χ0) is 19.2. The van der Waals surface area contributed by atoms with E-state index < -0.39 is 5.82 Å². The van der Waals surface area contributed by atoms with E-state index in [-0.39, 0.29) is 24.5 Å². The minimum Gasteiger partial charge on any atom is -0.491 e. The summed E-state index contributed by atoms with van der Waals surface area (Å²) in [4.78, 5) is 16.3. The fourth-order valence-electron chi connectivity index (χ4n) is 2.37. The van der Waals surface area contributed by atoms with Crippen molar-refractivity contribution in [1.29, 1.82) is 0 Å². The number of anilines is 1. The van der Waals surface area contributed by atoms with E-state index in [0.717, 1.165) is 5.56 Å². The lowest BCUT2D eigenvalue weighted by Gasteiger charge is -2.08. The van der Waals surface area contributed by atoms with Crippen LogP contribution in [-0.4, -0.2) is 22.7 Å². The molecule has 1 aromatic heterocycles. The van der Waals surface area contributed by atoms with Crippen LogP contribution in [0.3, 0.4) is 0 Å². The number of hydrogen-bond acceptors (Lipinski definition) is 5. The largest absolute Gasteiger partial charge is 0.491 e. The van der Waals surface area contributed by atoms with E-state index in [0.29, 0.717) is 29.0 Å². The molecule has 0 aliphatic heterocycles. The molecule has 0 bridgehead atoms. The van der Waals surface area contributed by atoms with Crippen LogP contribution in [0.2, 0.25) is 5.02 Å². The fourth-order valence-corrected chi connectivity index (χ4v) is 2.49.